The third-order valence-electron chi connectivity index (χ3n) is 2.40. The molecule has 1 amide bonds. The van der Waals surface area contributed by atoms with Crippen LogP contribution >= 0.6 is 0 Å². The van der Waals surface area contributed by atoms with Gasteiger partial charge in [-0.25, -0.2) is 0 Å². The number of rotatable bonds is 5. The first kappa shape index (κ1) is 10.5. The molecule has 0 bridgehead atoms. The average molecular weight is 186 g/mol. The van der Waals surface area contributed by atoms with E-state index in [1.807, 2.05) is 7.05 Å². The van der Waals surface area contributed by atoms with Gasteiger partial charge < -0.3 is 15.3 Å². The number of carbonyl (C=O) groups excluding carboxylic acids is 1. The van der Waals surface area contributed by atoms with E-state index in [2.05, 4.69) is 5.32 Å². The highest BCUT2D eigenvalue weighted by Crippen LogP contribution is 2.08. The van der Waals surface area contributed by atoms with E-state index < -0.39 is 0 Å². The lowest BCUT2D eigenvalue weighted by atomic mass is 10.2. The van der Waals surface area contributed by atoms with Crippen LogP contribution in [0.4, 0.5) is 0 Å². The van der Waals surface area contributed by atoms with Crippen molar-refractivity contribution in [2.75, 3.05) is 26.7 Å². The summed E-state index contributed by atoms with van der Waals surface area (Å²) in [6.07, 6.45) is 2.65. The van der Waals surface area contributed by atoms with Gasteiger partial charge in [0.1, 0.15) is 0 Å². The van der Waals surface area contributed by atoms with Crippen LogP contribution in [0.2, 0.25) is 0 Å². The van der Waals surface area contributed by atoms with Crippen LogP contribution in [0.1, 0.15) is 19.3 Å². The number of aliphatic hydroxyl groups excluding tert-OH is 1. The van der Waals surface area contributed by atoms with Crippen LogP contribution in [0.3, 0.4) is 0 Å². The Morgan fingerprint density at radius 3 is 2.92 bits per heavy atom. The van der Waals surface area contributed by atoms with Crippen molar-refractivity contribution in [3.8, 4) is 0 Å². The van der Waals surface area contributed by atoms with Crippen molar-refractivity contribution in [3.05, 3.63) is 0 Å². The van der Waals surface area contributed by atoms with Crippen molar-refractivity contribution in [1.82, 2.24) is 10.2 Å². The molecular weight excluding hydrogens is 168 g/mol. The molecule has 0 radical (unpaired) electrons. The van der Waals surface area contributed by atoms with Crippen molar-refractivity contribution in [2.45, 2.75) is 25.3 Å². The highest BCUT2D eigenvalue weighted by Gasteiger charge is 2.27. The number of unbranched alkanes of at least 4 members (excludes halogenated alkanes) is 1. The standard InChI is InChI=1S/C9H18N2O2/c1-11-6-4-8(9(11)13)10-5-2-3-7-12/h8,10,12H,2-7H2,1H3. The SMILES string of the molecule is CN1CCC(NCCCCO)C1=O. The van der Waals surface area contributed by atoms with E-state index in [0.29, 0.717) is 0 Å². The van der Waals surface area contributed by atoms with Crippen LogP contribution in [0.15, 0.2) is 0 Å². The van der Waals surface area contributed by atoms with E-state index in [4.69, 9.17) is 5.11 Å². The first-order valence-corrected chi connectivity index (χ1v) is 4.85. The highest BCUT2D eigenvalue weighted by molar-refractivity contribution is 5.83. The van der Waals surface area contributed by atoms with Crippen molar-refractivity contribution < 1.29 is 9.90 Å². The van der Waals surface area contributed by atoms with E-state index in [1.165, 1.54) is 0 Å². The molecule has 1 rings (SSSR count). The molecule has 4 heteroatoms. The van der Waals surface area contributed by atoms with Gasteiger partial charge in [-0.1, -0.05) is 0 Å². The lowest BCUT2D eigenvalue weighted by molar-refractivity contribution is -0.128. The first-order chi connectivity index (χ1) is 6.25. The largest absolute Gasteiger partial charge is 0.396 e. The summed E-state index contributed by atoms with van der Waals surface area (Å²) in [5.41, 5.74) is 0. The summed E-state index contributed by atoms with van der Waals surface area (Å²) in [5.74, 6) is 0.198. The molecule has 0 aromatic rings. The summed E-state index contributed by atoms with van der Waals surface area (Å²) < 4.78 is 0. The third-order valence-corrected chi connectivity index (χ3v) is 2.40. The maximum atomic E-state index is 11.4. The van der Waals surface area contributed by atoms with Gasteiger partial charge >= 0.3 is 0 Å². The first-order valence-electron chi connectivity index (χ1n) is 4.85. The smallest absolute Gasteiger partial charge is 0.239 e. The maximum absolute atomic E-state index is 11.4. The zero-order chi connectivity index (χ0) is 9.68. The minimum absolute atomic E-state index is 0.0173. The fraction of sp³-hybridized carbons (Fsp3) is 0.889. The van der Waals surface area contributed by atoms with Crippen LogP contribution in [0.25, 0.3) is 0 Å². The molecule has 0 aliphatic carbocycles. The Morgan fingerprint density at radius 2 is 2.38 bits per heavy atom. The number of nitrogens with one attached hydrogen (secondary N) is 1. The summed E-state index contributed by atoms with van der Waals surface area (Å²) in [5, 5.41) is 11.7. The lowest BCUT2D eigenvalue weighted by Crippen LogP contribution is -2.37. The molecule has 4 nitrogen and oxygen atoms in total. The Hall–Kier alpha value is -0.610. The summed E-state index contributed by atoms with van der Waals surface area (Å²) in [6, 6.07) is 0.0173. The van der Waals surface area contributed by atoms with E-state index in [1.54, 1.807) is 4.90 Å². The number of carbonyl (C=O) groups is 1. The molecule has 0 aromatic heterocycles. The number of likely N-dealkylation sites (N-methyl/N-ethyl adjacent to an activating group) is 1. The molecule has 2 N–H and O–H groups in total. The number of likely N-dealkylation sites (tertiary alicyclic amines) is 1. The lowest BCUT2D eigenvalue weighted by Gasteiger charge is -2.11. The second kappa shape index (κ2) is 5.19. The van der Waals surface area contributed by atoms with E-state index >= 15 is 0 Å². The molecule has 0 spiro atoms. The quantitative estimate of drug-likeness (QED) is 0.573. The molecule has 1 saturated heterocycles. The van der Waals surface area contributed by atoms with Gasteiger partial charge in [0, 0.05) is 20.2 Å². The maximum Gasteiger partial charge on any atom is 0.239 e. The zero-order valence-corrected chi connectivity index (χ0v) is 8.12. The predicted octanol–water partition coefficient (Wildman–Crippen LogP) is -0.421. The molecular formula is C9H18N2O2. The number of hydrogen-bond acceptors (Lipinski definition) is 3. The highest BCUT2D eigenvalue weighted by atomic mass is 16.2. The normalized spacial score (nSPS) is 22.8. The molecule has 0 saturated carbocycles. The molecule has 1 heterocycles. The van der Waals surface area contributed by atoms with Crippen molar-refractivity contribution in [2.24, 2.45) is 0 Å². The minimum atomic E-state index is 0.0173. The zero-order valence-electron chi connectivity index (χ0n) is 8.12. The molecule has 76 valence electrons. The fourth-order valence-electron chi connectivity index (χ4n) is 1.52. The molecule has 1 fully saturated rings. The topological polar surface area (TPSA) is 52.6 Å². The molecule has 1 aliphatic heterocycles. The van der Waals surface area contributed by atoms with Gasteiger partial charge in [0.25, 0.3) is 0 Å². The Kier molecular flexibility index (Phi) is 4.18. The second-order valence-corrected chi connectivity index (χ2v) is 3.49. The van der Waals surface area contributed by atoms with Gasteiger partial charge in [0.15, 0.2) is 0 Å². The van der Waals surface area contributed by atoms with E-state index in [0.717, 1.165) is 32.4 Å². The van der Waals surface area contributed by atoms with Gasteiger partial charge in [0.05, 0.1) is 6.04 Å². The van der Waals surface area contributed by atoms with Crippen molar-refractivity contribution in [1.29, 1.82) is 0 Å². The van der Waals surface area contributed by atoms with Crippen LogP contribution in [-0.2, 0) is 4.79 Å². The molecule has 13 heavy (non-hydrogen) atoms. The Bertz CT molecular complexity index is 173. The van der Waals surface area contributed by atoms with Crippen LogP contribution < -0.4 is 5.32 Å². The third kappa shape index (κ3) is 2.97. The Morgan fingerprint density at radius 1 is 1.62 bits per heavy atom. The van der Waals surface area contributed by atoms with Gasteiger partial charge in [-0.15, -0.1) is 0 Å². The van der Waals surface area contributed by atoms with Gasteiger partial charge in [-0.2, -0.15) is 0 Å². The number of amides is 1. The van der Waals surface area contributed by atoms with E-state index in [-0.39, 0.29) is 18.6 Å². The fourth-order valence-corrected chi connectivity index (χ4v) is 1.52. The number of nitrogens with zero attached hydrogens (tertiary/aromatic N) is 1. The number of hydrogen-bond donors (Lipinski definition) is 2. The molecule has 1 aliphatic rings. The number of aliphatic hydroxyl groups is 1. The van der Waals surface area contributed by atoms with Crippen LogP contribution in [-0.4, -0.2) is 48.7 Å². The molecule has 1 unspecified atom stereocenters. The average Bonchev–Trinajstić information content (AvgIpc) is 2.43. The second-order valence-electron chi connectivity index (χ2n) is 3.49. The van der Waals surface area contributed by atoms with Crippen molar-refractivity contribution >= 4 is 5.91 Å². The Labute approximate surface area is 78.9 Å². The minimum Gasteiger partial charge on any atom is -0.396 e. The molecule has 1 atom stereocenters. The van der Waals surface area contributed by atoms with Gasteiger partial charge in [-0.3, -0.25) is 4.79 Å². The predicted molar refractivity (Wildman–Crippen MR) is 50.4 cm³/mol. The van der Waals surface area contributed by atoms with Crippen LogP contribution in [0.5, 0.6) is 0 Å². The van der Waals surface area contributed by atoms with E-state index in [9.17, 15) is 4.79 Å². The summed E-state index contributed by atoms with van der Waals surface area (Å²) in [4.78, 5) is 13.1. The van der Waals surface area contributed by atoms with Crippen molar-refractivity contribution in [3.63, 3.8) is 0 Å². The summed E-state index contributed by atoms with van der Waals surface area (Å²) in [6.45, 7) is 1.92. The molecule has 0 aromatic carbocycles. The van der Waals surface area contributed by atoms with Crippen LogP contribution in [0, 0.1) is 0 Å². The summed E-state index contributed by atoms with van der Waals surface area (Å²) >= 11 is 0. The Balaban J connectivity index is 2.12. The summed E-state index contributed by atoms with van der Waals surface area (Å²) in [7, 11) is 1.83. The monoisotopic (exact) mass is 186 g/mol. The van der Waals surface area contributed by atoms with Gasteiger partial charge in [0.2, 0.25) is 5.91 Å². The van der Waals surface area contributed by atoms with Gasteiger partial charge in [-0.05, 0) is 25.8 Å².